The number of hydrogen-bond acceptors (Lipinski definition) is 6. The van der Waals surface area contributed by atoms with Crippen molar-refractivity contribution in [2.75, 3.05) is 20.8 Å². The number of carbonyl (C=O) groups excluding carboxylic acids is 2. The molecular formula is C26H43O6P. The van der Waals surface area contributed by atoms with Crippen LogP contribution in [-0.2, 0) is 14.1 Å². The number of benzene rings is 1. The van der Waals surface area contributed by atoms with Gasteiger partial charge < -0.3 is 18.8 Å². The molecule has 33 heavy (non-hydrogen) atoms. The molecule has 0 amide bonds. The van der Waals surface area contributed by atoms with Gasteiger partial charge >= 0.3 is 5.97 Å². The Hall–Kier alpha value is -1.81. The lowest BCUT2D eigenvalue weighted by Gasteiger charge is -2.22. The maximum atomic E-state index is 13.5. The Kier molecular flexibility index (Phi) is 15.6. The molecule has 2 rings (SSSR count). The Balaban J connectivity index is 0.00000265. The first-order valence-electron chi connectivity index (χ1n) is 12.3. The Morgan fingerprint density at radius 1 is 0.909 bits per heavy atom. The van der Waals surface area contributed by atoms with E-state index < -0.39 is 11.9 Å². The van der Waals surface area contributed by atoms with Crippen molar-refractivity contribution >= 4 is 20.9 Å². The van der Waals surface area contributed by atoms with E-state index in [1.165, 1.54) is 52.7 Å². The summed E-state index contributed by atoms with van der Waals surface area (Å²) in [5, 5.41) is 0. The summed E-state index contributed by atoms with van der Waals surface area (Å²) in [5.41, 5.74) is 0.341. The van der Waals surface area contributed by atoms with Gasteiger partial charge in [0.2, 0.25) is 0 Å². The predicted octanol–water partition coefficient (Wildman–Crippen LogP) is 6.32. The topological polar surface area (TPSA) is 78.9 Å². The maximum absolute atomic E-state index is 13.5. The van der Waals surface area contributed by atoms with Gasteiger partial charge in [0.15, 0.2) is 5.78 Å². The first kappa shape index (κ1) is 29.2. The van der Waals surface area contributed by atoms with Gasteiger partial charge in [0, 0.05) is 0 Å². The average Bonchev–Trinajstić information content (AvgIpc) is 3.38. The van der Waals surface area contributed by atoms with Gasteiger partial charge in [-0.3, -0.25) is 9.59 Å². The van der Waals surface area contributed by atoms with Crippen LogP contribution in [0.4, 0.5) is 0 Å². The van der Waals surface area contributed by atoms with Crippen molar-refractivity contribution < 1.29 is 28.4 Å². The zero-order valence-corrected chi connectivity index (χ0v) is 22.1. The van der Waals surface area contributed by atoms with Crippen molar-refractivity contribution in [3.63, 3.8) is 0 Å². The maximum Gasteiger partial charge on any atom is 0.317 e. The zero-order chi connectivity index (χ0) is 24.5. The molecule has 0 radical (unpaired) electrons. The molecule has 1 aliphatic carbocycles. The molecule has 0 heterocycles. The van der Waals surface area contributed by atoms with Gasteiger partial charge in [-0.25, -0.2) is 0 Å². The van der Waals surface area contributed by atoms with Crippen LogP contribution in [0.5, 0.6) is 11.5 Å². The molecule has 7 heteroatoms. The lowest BCUT2D eigenvalue weighted by Crippen LogP contribution is -2.33. The Morgan fingerprint density at radius 2 is 1.42 bits per heavy atom. The molecule has 0 saturated heterocycles. The van der Waals surface area contributed by atoms with E-state index in [1.807, 2.05) is 0 Å². The zero-order valence-electron chi connectivity index (χ0n) is 20.7. The van der Waals surface area contributed by atoms with Crippen LogP contribution in [-0.4, -0.2) is 32.6 Å². The van der Waals surface area contributed by atoms with Crippen LogP contribution < -0.4 is 9.47 Å². The summed E-state index contributed by atoms with van der Waals surface area (Å²) in [6.07, 6.45) is 13.3. The number of esters is 1. The second-order valence-electron chi connectivity index (χ2n) is 8.57. The van der Waals surface area contributed by atoms with Crippen molar-refractivity contribution in [1.29, 1.82) is 0 Å². The summed E-state index contributed by atoms with van der Waals surface area (Å²) in [4.78, 5) is 26.6. The first-order valence-corrected chi connectivity index (χ1v) is 12.9. The summed E-state index contributed by atoms with van der Waals surface area (Å²) in [6.45, 7) is 2.61. The van der Waals surface area contributed by atoms with Gasteiger partial charge in [-0.1, -0.05) is 70.8 Å². The summed E-state index contributed by atoms with van der Waals surface area (Å²) < 4.78 is 24.7. The fourth-order valence-electron chi connectivity index (χ4n) is 4.55. The lowest BCUT2D eigenvalue weighted by atomic mass is 9.84. The molecule has 1 saturated carbocycles. The number of Topliss-reactive ketones (excluding diaryl/α,β-unsaturated/α-hetero) is 1. The third-order valence-corrected chi connectivity index (χ3v) is 6.32. The second kappa shape index (κ2) is 17.6. The molecule has 188 valence electrons. The van der Waals surface area contributed by atoms with Crippen LogP contribution in [0.3, 0.4) is 0 Å². The number of ether oxygens (including phenoxy) is 3. The van der Waals surface area contributed by atoms with Crippen molar-refractivity contribution in [2.45, 2.75) is 84.0 Å². The fourth-order valence-corrected chi connectivity index (χ4v) is 4.55. The van der Waals surface area contributed by atoms with Crippen molar-refractivity contribution in [3.8, 4) is 11.5 Å². The largest absolute Gasteiger partial charge is 0.496 e. The molecule has 2 atom stereocenters. The number of carbonyl (C=O) groups is 2. The van der Waals surface area contributed by atoms with Gasteiger partial charge in [0.05, 0.1) is 29.9 Å². The number of ketones is 1. The van der Waals surface area contributed by atoms with E-state index in [1.54, 1.807) is 18.2 Å². The molecule has 6 nitrogen and oxygen atoms in total. The second-order valence-corrected chi connectivity index (χ2v) is 8.57. The molecule has 0 aliphatic heterocycles. The van der Waals surface area contributed by atoms with Crippen molar-refractivity contribution in [3.05, 3.63) is 23.8 Å². The van der Waals surface area contributed by atoms with Gasteiger partial charge in [0.25, 0.3) is 0 Å². The molecule has 0 aromatic heterocycles. The minimum Gasteiger partial charge on any atom is -0.496 e. The van der Waals surface area contributed by atoms with Crippen LogP contribution in [0.1, 0.15) is 94.3 Å². The van der Waals surface area contributed by atoms with Gasteiger partial charge in [-0.2, -0.15) is 0 Å². The molecule has 0 N–H and O–H groups in total. The number of rotatable bonds is 15. The van der Waals surface area contributed by atoms with Gasteiger partial charge in [-0.05, 0) is 37.3 Å². The van der Waals surface area contributed by atoms with E-state index in [9.17, 15) is 9.59 Å². The van der Waals surface area contributed by atoms with E-state index in [2.05, 4.69) is 6.92 Å². The highest BCUT2D eigenvalue weighted by Crippen LogP contribution is 2.38. The van der Waals surface area contributed by atoms with E-state index >= 15 is 0 Å². The predicted molar refractivity (Wildman–Crippen MR) is 135 cm³/mol. The van der Waals surface area contributed by atoms with E-state index in [-0.39, 0.29) is 11.7 Å². The first-order chi connectivity index (χ1) is 16.1. The smallest absolute Gasteiger partial charge is 0.317 e. The van der Waals surface area contributed by atoms with Crippen LogP contribution in [0, 0.1) is 11.8 Å². The molecule has 1 aromatic rings. The Morgan fingerprint density at radius 3 is 1.94 bits per heavy atom. The molecule has 0 bridgehead atoms. The summed E-state index contributed by atoms with van der Waals surface area (Å²) in [5.74, 6) is -0.545. The molecular weight excluding hydrogens is 439 g/mol. The van der Waals surface area contributed by atoms with Gasteiger partial charge in [-0.15, -0.1) is 0 Å². The molecule has 1 aliphatic rings. The van der Waals surface area contributed by atoms with Crippen LogP contribution in [0.15, 0.2) is 18.2 Å². The summed E-state index contributed by atoms with van der Waals surface area (Å²) >= 11 is 0. The highest BCUT2D eigenvalue weighted by molar-refractivity contribution is 7.00. The number of hydrogen-bond donors (Lipinski definition) is 0. The molecule has 1 aromatic carbocycles. The average molecular weight is 483 g/mol. The van der Waals surface area contributed by atoms with E-state index in [4.69, 9.17) is 18.8 Å². The van der Waals surface area contributed by atoms with Crippen molar-refractivity contribution in [2.24, 2.45) is 11.8 Å². The highest BCUT2D eigenvalue weighted by Gasteiger charge is 2.40. The quantitative estimate of drug-likeness (QED) is 0.0957. The van der Waals surface area contributed by atoms with Crippen LogP contribution in [0.2, 0.25) is 0 Å². The van der Waals surface area contributed by atoms with E-state index in [0.29, 0.717) is 32.8 Å². The van der Waals surface area contributed by atoms with Crippen LogP contribution >= 0.6 is 9.12 Å². The minimum atomic E-state index is -0.790. The SMILES string of the molecule is CCCCCCCCCCOC(=O)C(C(=O)c1c(OC)cccc1OC)C1CCCC1.O=[PH3]. The van der Waals surface area contributed by atoms with Gasteiger partial charge in [0.1, 0.15) is 23.0 Å². The van der Waals surface area contributed by atoms with Crippen LogP contribution in [0.25, 0.3) is 0 Å². The Bertz CT molecular complexity index is 680. The summed E-state index contributed by atoms with van der Waals surface area (Å²) in [6, 6.07) is 5.24. The summed E-state index contributed by atoms with van der Waals surface area (Å²) in [7, 11) is 3.66. The normalized spacial score (nSPS) is 14.3. The van der Waals surface area contributed by atoms with Crippen molar-refractivity contribution in [1.82, 2.24) is 0 Å². The Labute approximate surface area is 201 Å². The highest BCUT2D eigenvalue weighted by atomic mass is 31.0. The number of unbranched alkanes of at least 4 members (excludes halogenated alkanes) is 7. The molecule has 0 spiro atoms. The third-order valence-electron chi connectivity index (χ3n) is 6.32. The minimum absolute atomic E-state index is 0.0215. The monoisotopic (exact) mass is 482 g/mol. The van der Waals surface area contributed by atoms with E-state index in [0.717, 1.165) is 38.5 Å². The number of methoxy groups -OCH3 is 2. The molecule has 2 unspecified atom stereocenters. The lowest BCUT2D eigenvalue weighted by molar-refractivity contribution is -0.148. The standard InChI is InChI=1S/C26H40O5.H3OP/c1-4-5-6-7-8-9-10-13-19-31-26(28)23(20-15-11-12-16-20)25(27)24-21(29-2)17-14-18-22(24)30-3;1-2/h14,17-18,20,23H,4-13,15-16,19H2,1-3H3;2H3. The fraction of sp³-hybridized carbons (Fsp3) is 0.692. The third kappa shape index (κ3) is 9.52. The molecule has 1 fully saturated rings.